The first-order valence-corrected chi connectivity index (χ1v) is 47.9. The molecule has 6 aromatic carbocycles. The molecule has 0 radical (unpaired) electrons. The Bertz CT molecular complexity index is 6460. The summed E-state index contributed by atoms with van der Waals surface area (Å²) >= 11 is 7.50. The van der Waals surface area contributed by atoms with Crippen molar-refractivity contribution in [3.63, 3.8) is 0 Å². The zero-order valence-electron chi connectivity index (χ0n) is 75.3. The van der Waals surface area contributed by atoms with Crippen LogP contribution in [0.2, 0.25) is 0 Å². The second-order valence-corrected chi connectivity index (χ2v) is 35.4. The van der Waals surface area contributed by atoms with E-state index >= 15 is 0 Å². The first kappa shape index (κ1) is 95.8. The number of imide groups is 1. The number of anilines is 15. The van der Waals surface area contributed by atoms with Gasteiger partial charge in [0.1, 0.15) is 0 Å². The molecule has 15 aromatic rings. The third-order valence-corrected chi connectivity index (χ3v) is 25.2. The lowest BCUT2D eigenvalue weighted by molar-refractivity contribution is 0.0526. The van der Waals surface area contributed by atoms with Gasteiger partial charge >= 0.3 is 36.1 Å². The number of aryl methyl sites for hydroxylation is 4. The normalized spacial score (nSPS) is 12.1. The standard InChI is InChI=1S/C29H36N6O2S.C25H25N5O4S.C25H23N5O3S.C20H17N5OS2/c1-20-14-15-23(17-25(20)33-27-34-26(19-38-27)21-9-8-16-30-18-21)32-29(37)35(24-12-6-3-7-13-24)28(36)31-22-10-4-2-5-11-22;1-15-7-8-17(10-19(15)29-25-30-20(14-35-25)16-6-5-9-26-13-16)27-24(31)28-18-11-21(32-2)23(34-4)22(12-18)33-3;1-3-33-23(31)17-7-10-19(11-8-17)27-24(32)28-20-9-6-16(2)21(13-20)29-25-30-22(15-34-25)18-5-4-12-26-14-18;1-13-6-7-15(22-19(26)25-18-5-3-9-27-18)10-16(13)23-20-24-17(12-28-20)14-4-2-8-21-11-14/h8-9,14-19,22,24H,2-7,10-13H2,1H3,(H,31,36)(H,32,37)(H,33,34);5-14H,1-4H3,(H,29,30)(H2,27,28,31);4-15H,3H2,1-2H3,(H,29,30)(H2,27,28,32);2-12H,1H3,(H,23,24)(H2,22,25,26). The number of thiazole rings is 4. The maximum atomic E-state index is 13.5. The van der Waals surface area contributed by atoms with Gasteiger partial charge < -0.3 is 77.4 Å². The van der Waals surface area contributed by atoms with Crippen LogP contribution >= 0.6 is 56.7 Å². The summed E-state index contributed by atoms with van der Waals surface area (Å²) in [5, 5.41) is 50.1. The molecular weight excluding hydrogens is 1800 g/mol. The summed E-state index contributed by atoms with van der Waals surface area (Å²) in [4.78, 5) is 113. The van der Waals surface area contributed by atoms with Crippen LogP contribution in [-0.2, 0) is 4.74 Å². The highest BCUT2D eigenvalue weighted by Gasteiger charge is 2.33. The van der Waals surface area contributed by atoms with Crippen molar-refractivity contribution in [2.45, 2.75) is 111 Å². The number of hydrogen-bond acceptors (Lipinski definition) is 27. The van der Waals surface area contributed by atoms with Crippen LogP contribution in [0.15, 0.2) is 246 Å². The highest BCUT2D eigenvalue weighted by atomic mass is 32.1. The molecule has 31 nitrogen and oxygen atoms in total. The predicted octanol–water partition coefficient (Wildman–Crippen LogP) is 25.4. The van der Waals surface area contributed by atoms with E-state index in [0.717, 1.165) is 173 Å². The molecule has 135 heavy (non-hydrogen) atoms. The summed E-state index contributed by atoms with van der Waals surface area (Å²) in [7, 11) is 4.56. The second-order valence-electron chi connectivity index (χ2n) is 31.0. The first-order valence-electron chi connectivity index (χ1n) is 43.5. The Kier molecular flexibility index (Phi) is 33.9. The zero-order valence-corrected chi connectivity index (χ0v) is 79.3. The van der Waals surface area contributed by atoms with Crippen molar-refractivity contribution in [2.24, 2.45) is 0 Å². The van der Waals surface area contributed by atoms with Gasteiger partial charge in [-0.25, -0.2) is 53.6 Å². The van der Waals surface area contributed by atoms with Crippen LogP contribution in [0.25, 0.3) is 45.0 Å². The summed E-state index contributed by atoms with van der Waals surface area (Å²) in [5.74, 6) is 0.936. The molecule has 9 heterocycles. The van der Waals surface area contributed by atoms with E-state index in [9.17, 15) is 28.8 Å². The maximum absolute atomic E-state index is 13.5. The predicted molar refractivity (Wildman–Crippen MR) is 543 cm³/mol. The molecule has 12 N–H and O–H groups in total. The molecule has 9 aromatic heterocycles. The Labute approximate surface area is 801 Å². The van der Waals surface area contributed by atoms with E-state index in [1.165, 1.54) is 89.3 Å². The van der Waals surface area contributed by atoms with Crippen molar-refractivity contribution in [1.82, 2.24) is 50.1 Å². The van der Waals surface area contributed by atoms with E-state index in [2.05, 4.69) is 98.7 Å². The number of nitrogens with one attached hydrogen (secondary N) is 12. The number of esters is 1. The van der Waals surface area contributed by atoms with Gasteiger partial charge in [-0.2, -0.15) is 0 Å². The van der Waals surface area contributed by atoms with Gasteiger partial charge in [-0.15, -0.1) is 56.7 Å². The largest absolute Gasteiger partial charge is 0.493 e. The van der Waals surface area contributed by atoms with Gasteiger partial charge in [0.25, 0.3) is 0 Å². The lowest BCUT2D eigenvalue weighted by atomic mass is 9.94. The van der Waals surface area contributed by atoms with Crippen molar-refractivity contribution < 1.29 is 47.7 Å². The van der Waals surface area contributed by atoms with Gasteiger partial charge in [-0.05, 0) is 221 Å². The number of rotatable bonds is 26. The van der Waals surface area contributed by atoms with Crippen LogP contribution in [0.1, 0.15) is 104 Å². The molecule has 0 spiro atoms. The molecule has 0 unspecified atom stereocenters. The fourth-order valence-corrected chi connectivity index (χ4v) is 18.0. The molecule has 36 heteroatoms. The molecule has 2 aliphatic rings. The number of thiophene rings is 1. The molecule has 2 fully saturated rings. The number of methoxy groups -OCH3 is 3. The minimum absolute atomic E-state index is 0.0726. The molecule has 10 amide bonds. The van der Waals surface area contributed by atoms with Gasteiger partial charge in [0.15, 0.2) is 32.0 Å². The number of pyridine rings is 4. The summed E-state index contributed by atoms with van der Waals surface area (Å²) in [6.07, 6.45) is 24.5. The van der Waals surface area contributed by atoms with Crippen molar-refractivity contribution in [2.75, 3.05) is 86.4 Å². The summed E-state index contributed by atoms with van der Waals surface area (Å²) < 4.78 is 21.0. The minimum Gasteiger partial charge on any atom is -0.493 e. The Hall–Kier alpha value is -15.2. The number of benzene rings is 6. The van der Waals surface area contributed by atoms with E-state index in [1.807, 2.05) is 188 Å². The highest BCUT2D eigenvalue weighted by molar-refractivity contribution is 7.15. The van der Waals surface area contributed by atoms with Crippen molar-refractivity contribution >= 4 is 175 Å². The quantitative estimate of drug-likeness (QED) is 0.0224. The number of carbonyl (C=O) groups is 6. The molecule has 0 atom stereocenters. The minimum atomic E-state index is -0.415. The monoisotopic (exact) mass is 1900 g/mol. The average Bonchev–Trinajstić information content (AvgIpc) is 1.81. The number of ether oxygens (including phenoxy) is 4. The van der Waals surface area contributed by atoms with E-state index in [-0.39, 0.29) is 30.2 Å². The van der Waals surface area contributed by atoms with Crippen molar-refractivity contribution in [3.05, 3.63) is 274 Å². The molecule has 0 saturated heterocycles. The van der Waals surface area contributed by atoms with Crippen LogP contribution in [0.4, 0.5) is 106 Å². The number of aromatic nitrogens is 8. The van der Waals surface area contributed by atoms with E-state index < -0.39 is 18.0 Å². The average molecular weight is 1910 g/mol. The van der Waals surface area contributed by atoms with Crippen LogP contribution < -0.4 is 78.0 Å². The van der Waals surface area contributed by atoms with Crippen LogP contribution in [0, 0.1) is 27.7 Å². The second kappa shape index (κ2) is 47.7. The van der Waals surface area contributed by atoms with Gasteiger partial charge in [0, 0.05) is 169 Å². The van der Waals surface area contributed by atoms with Crippen LogP contribution in [0.5, 0.6) is 17.2 Å². The number of hydrogen-bond donors (Lipinski definition) is 12. The Morgan fingerprint density at radius 1 is 0.378 bits per heavy atom. The smallest absolute Gasteiger partial charge is 0.338 e. The highest BCUT2D eigenvalue weighted by Crippen LogP contribution is 2.41. The van der Waals surface area contributed by atoms with E-state index in [1.54, 1.807) is 92.9 Å². The first-order chi connectivity index (χ1) is 65.7. The topological polar surface area (TPSA) is 390 Å². The molecule has 0 aliphatic heterocycles. The Morgan fingerprint density at radius 3 is 1.10 bits per heavy atom. The zero-order chi connectivity index (χ0) is 94.4. The number of amides is 10. The molecule has 2 saturated carbocycles. The van der Waals surface area contributed by atoms with Crippen molar-refractivity contribution in [3.8, 4) is 62.3 Å². The van der Waals surface area contributed by atoms with Crippen LogP contribution in [0.3, 0.4) is 0 Å². The van der Waals surface area contributed by atoms with Crippen LogP contribution in [-0.4, -0.2) is 121 Å². The van der Waals surface area contributed by atoms with Crippen molar-refractivity contribution in [1.29, 1.82) is 0 Å². The number of nitrogens with zero attached hydrogens (tertiary/aromatic N) is 9. The third kappa shape index (κ3) is 27.5. The Balaban J connectivity index is 0.000000145. The third-order valence-electron chi connectivity index (χ3n) is 21.4. The molecule has 2 aliphatic carbocycles. The lowest BCUT2D eigenvalue weighted by Gasteiger charge is -2.34. The van der Waals surface area contributed by atoms with Gasteiger partial charge in [-0.1, -0.05) is 62.8 Å². The fraction of sp³-hybridized carbons (Fsp3) is 0.212. The Morgan fingerprint density at radius 2 is 0.741 bits per heavy atom. The van der Waals surface area contributed by atoms with E-state index in [0.29, 0.717) is 63.5 Å². The summed E-state index contributed by atoms with van der Waals surface area (Å²) in [5.41, 5.74) is 18.9. The molecule has 17 rings (SSSR count). The molecular formula is C99H101N21O10S5. The van der Waals surface area contributed by atoms with Gasteiger partial charge in [0.2, 0.25) is 5.75 Å². The summed E-state index contributed by atoms with van der Waals surface area (Å²) in [6, 6.07) is 50.0. The summed E-state index contributed by atoms with van der Waals surface area (Å²) in [6.45, 7) is 10.0. The van der Waals surface area contributed by atoms with Gasteiger partial charge in [0.05, 0.1) is 67.0 Å². The number of carbonyl (C=O) groups excluding carboxylic acids is 6. The molecule has 692 valence electrons. The van der Waals surface area contributed by atoms with Gasteiger partial charge in [-0.3, -0.25) is 25.3 Å². The maximum Gasteiger partial charge on any atom is 0.338 e. The SMILES string of the molecule is CCOC(=O)c1ccc(NC(=O)Nc2ccc(C)c(Nc3nc(-c4cccnc4)cs3)c2)cc1.COc1cc(NC(=O)Nc2ccc(C)c(Nc3nc(-c4cccnc4)cs3)c2)cc(OC)c1OC.Cc1ccc(NC(=O)N(C(=O)NC2CCCCC2)C2CCCCC2)cc1Nc1nc(-c2cccnc2)cs1.Cc1ccc(NC(=O)Nc2cccs2)cc1Nc1nc(-c2cccnc2)cs1. The lowest BCUT2D eigenvalue weighted by Crippen LogP contribution is -2.54. The van der Waals surface area contributed by atoms with E-state index in [4.69, 9.17) is 23.9 Å². The fourth-order valence-electron chi connectivity index (χ4n) is 14.4. The number of urea groups is 5. The molecule has 0 bridgehead atoms.